The van der Waals surface area contributed by atoms with Gasteiger partial charge in [-0.3, -0.25) is 19.3 Å². The average molecular weight is 342 g/mol. The summed E-state index contributed by atoms with van der Waals surface area (Å²) in [6.07, 6.45) is 0. The highest BCUT2D eigenvalue weighted by Crippen LogP contribution is 2.22. The average Bonchev–Trinajstić information content (AvgIpc) is 2.85. The van der Waals surface area contributed by atoms with Gasteiger partial charge in [-0.1, -0.05) is 18.2 Å². The molecule has 6 nitrogen and oxygen atoms in total. The number of nitrogens with one attached hydrogen (secondary N) is 1. The summed E-state index contributed by atoms with van der Waals surface area (Å²) >= 11 is 0. The van der Waals surface area contributed by atoms with Crippen molar-refractivity contribution in [1.82, 2.24) is 10.2 Å². The van der Waals surface area contributed by atoms with Gasteiger partial charge in [0.05, 0.1) is 18.2 Å². The zero-order chi connectivity index (χ0) is 18.0. The minimum absolute atomic E-state index is 0.0723. The topological polar surface area (TPSA) is 75.7 Å². The molecule has 3 amide bonds. The number of methoxy groups -OCH3 is 1. The van der Waals surface area contributed by atoms with E-state index in [2.05, 4.69) is 5.32 Å². The summed E-state index contributed by atoms with van der Waals surface area (Å²) in [6.45, 7) is -0.312. The van der Waals surface area contributed by atoms with Gasteiger partial charge in [-0.2, -0.15) is 0 Å². The zero-order valence-electron chi connectivity index (χ0n) is 13.4. The third-order valence-corrected chi connectivity index (χ3v) is 3.89. The van der Waals surface area contributed by atoms with E-state index in [0.29, 0.717) is 5.56 Å². The van der Waals surface area contributed by atoms with Crippen LogP contribution in [0.4, 0.5) is 4.39 Å². The molecule has 7 heteroatoms. The molecule has 2 aromatic carbocycles. The summed E-state index contributed by atoms with van der Waals surface area (Å²) in [5.41, 5.74) is 1.11. The number of carbonyl (C=O) groups excluding carboxylic acids is 3. The normalized spacial score (nSPS) is 13.0. The predicted molar refractivity (Wildman–Crippen MR) is 86.6 cm³/mol. The number of imide groups is 1. The molecule has 0 saturated carbocycles. The second-order valence-electron chi connectivity index (χ2n) is 5.49. The number of ether oxygens (including phenoxy) is 1. The SMILES string of the molecule is COc1ccc(CNC(=O)CN2C(=O)c3ccccc3C2=O)cc1F. The quantitative estimate of drug-likeness (QED) is 0.840. The van der Waals surface area contributed by atoms with Crippen LogP contribution in [0, 0.1) is 5.82 Å². The first kappa shape index (κ1) is 16.6. The lowest BCUT2D eigenvalue weighted by Gasteiger charge is -2.13. The van der Waals surface area contributed by atoms with Crippen molar-refractivity contribution < 1.29 is 23.5 Å². The van der Waals surface area contributed by atoms with Gasteiger partial charge in [0.25, 0.3) is 11.8 Å². The second kappa shape index (κ2) is 6.72. The molecule has 0 spiro atoms. The van der Waals surface area contributed by atoms with Gasteiger partial charge < -0.3 is 10.1 Å². The smallest absolute Gasteiger partial charge is 0.262 e. The summed E-state index contributed by atoms with van der Waals surface area (Å²) in [5, 5.41) is 2.57. The third kappa shape index (κ3) is 3.21. The first-order valence-corrected chi connectivity index (χ1v) is 7.55. The Hall–Kier alpha value is -3.22. The fraction of sp³-hybridized carbons (Fsp3) is 0.167. The highest BCUT2D eigenvalue weighted by molar-refractivity contribution is 6.22. The maximum atomic E-state index is 13.6. The Bertz CT molecular complexity index is 831. The monoisotopic (exact) mass is 342 g/mol. The van der Waals surface area contributed by atoms with Crippen LogP contribution in [-0.2, 0) is 11.3 Å². The molecule has 1 aliphatic rings. The van der Waals surface area contributed by atoms with E-state index in [1.54, 1.807) is 30.3 Å². The van der Waals surface area contributed by atoms with Gasteiger partial charge in [-0.05, 0) is 29.8 Å². The van der Waals surface area contributed by atoms with Crippen LogP contribution < -0.4 is 10.1 Å². The molecule has 2 aromatic rings. The Balaban J connectivity index is 1.61. The van der Waals surface area contributed by atoms with Crippen molar-refractivity contribution in [3.63, 3.8) is 0 Å². The van der Waals surface area contributed by atoms with Crippen LogP contribution in [0.15, 0.2) is 42.5 Å². The van der Waals surface area contributed by atoms with Gasteiger partial charge in [-0.25, -0.2) is 4.39 Å². The lowest BCUT2D eigenvalue weighted by atomic mass is 10.1. The van der Waals surface area contributed by atoms with E-state index in [0.717, 1.165) is 4.90 Å². The van der Waals surface area contributed by atoms with Gasteiger partial charge in [0.1, 0.15) is 6.54 Å². The van der Waals surface area contributed by atoms with Crippen molar-refractivity contribution in [2.45, 2.75) is 6.54 Å². The van der Waals surface area contributed by atoms with E-state index in [4.69, 9.17) is 4.74 Å². The minimum atomic E-state index is -0.533. The number of benzene rings is 2. The summed E-state index contributed by atoms with van der Waals surface area (Å²) in [6, 6.07) is 10.7. The highest BCUT2D eigenvalue weighted by Gasteiger charge is 2.36. The van der Waals surface area contributed by atoms with E-state index >= 15 is 0 Å². The fourth-order valence-corrected chi connectivity index (χ4v) is 2.60. The maximum absolute atomic E-state index is 13.6. The molecule has 0 aliphatic carbocycles. The van der Waals surface area contributed by atoms with Crippen molar-refractivity contribution in [2.24, 2.45) is 0 Å². The summed E-state index contributed by atoms with van der Waals surface area (Å²) < 4.78 is 18.4. The summed E-state index contributed by atoms with van der Waals surface area (Å²) in [7, 11) is 1.36. The second-order valence-corrected chi connectivity index (χ2v) is 5.49. The number of hydrogen-bond acceptors (Lipinski definition) is 4. The van der Waals surface area contributed by atoms with Crippen molar-refractivity contribution in [3.05, 3.63) is 65.0 Å². The van der Waals surface area contributed by atoms with E-state index in [1.807, 2.05) is 0 Å². The van der Waals surface area contributed by atoms with Gasteiger partial charge in [-0.15, -0.1) is 0 Å². The molecular formula is C18H15FN2O4. The largest absolute Gasteiger partial charge is 0.494 e. The molecular weight excluding hydrogens is 327 g/mol. The molecule has 3 rings (SSSR count). The van der Waals surface area contributed by atoms with Crippen LogP contribution in [0.5, 0.6) is 5.75 Å². The minimum Gasteiger partial charge on any atom is -0.494 e. The molecule has 0 fully saturated rings. The molecule has 1 heterocycles. The summed E-state index contributed by atoms with van der Waals surface area (Å²) in [4.78, 5) is 37.3. The van der Waals surface area contributed by atoms with Gasteiger partial charge >= 0.3 is 0 Å². The summed E-state index contributed by atoms with van der Waals surface area (Å²) in [5.74, 6) is -1.92. The number of rotatable bonds is 5. The molecule has 25 heavy (non-hydrogen) atoms. The van der Waals surface area contributed by atoms with Gasteiger partial charge in [0.2, 0.25) is 5.91 Å². The number of nitrogens with zero attached hydrogens (tertiary/aromatic N) is 1. The Kier molecular flexibility index (Phi) is 4.47. The van der Waals surface area contributed by atoms with E-state index < -0.39 is 23.5 Å². The third-order valence-electron chi connectivity index (χ3n) is 3.89. The molecule has 0 aromatic heterocycles. The number of fused-ring (bicyclic) bond motifs is 1. The Morgan fingerprint density at radius 3 is 2.32 bits per heavy atom. The standard InChI is InChI=1S/C18H15FN2O4/c1-25-15-7-6-11(8-14(15)19)9-20-16(22)10-21-17(23)12-4-2-3-5-13(12)18(21)24/h2-8H,9-10H2,1H3,(H,20,22). The van der Waals surface area contributed by atoms with Gasteiger partial charge in [0.15, 0.2) is 11.6 Å². The van der Waals surface area contributed by atoms with Crippen molar-refractivity contribution >= 4 is 17.7 Å². The predicted octanol–water partition coefficient (Wildman–Crippen LogP) is 1.75. The van der Waals surface area contributed by atoms with Crippen molar-refractivity contribution in [1.29, 1.82) is 0 Å². The van der Waals surface area contributed by atoms with E-state index in [-0.39, 0.29) is 30.0 Å². The molecule has 128 valence electrons. The van der Waals surface area contributed by atoms with E-state index in [9.17, 15) is 18.8 Å². The number of halogens is 1. The van der Waals surface area contributed by atoms with Crippen LogP contribution in [0.3, 0.4) is 0 Å². The Labute approximate surface area is 143 Å². The number of hydrogen-bond donors (Lipinski definition) is 1. The molecule has 0 atom stereocenters. The number of amides is 3. The lowest BCUT2D eigenvalue weighted by Crippen LogP contribution is -2.40. The van der Waals surface area contributed by atoms with Crippen molar-refractivity contribution in [3.8, 4) is 5.75 Å². The zero-order valence-corrected chi connectivity index (χ0v) is 13.4. The molecule has 0 saturated heterocycles. The first-order chi connectivity index (χ1) is 12.0. The Morgan fingerprint density at radius 1 is 1.12 bits per heavy atom. The van der Waals surface area contributed by atoms with Crippen LogP contribution >= 0.6 is 0 Å². The molecule has 0 radical (unpaired) electrons. The fourth-order valence-electron chi connectivity index (χ4n) is 2.60. The van der Waals surface area contributed by atoms with Crippen LogP contribution in [0.1, 0.15) is 26.3 Å². The Morgan fingerprint density at radius 2 is 1.76 bits per heavy atom. The van der Waals surface area contributed by atoms with Crippen LogP contribution in [0.25, 0.3) is 0 Å². The van der Waals surface area contributed by atoms with Crippen molar-refractivity contribution in [2.75, 3.05) is 13.7 Å². The molecule has 0 bridgehead atoms. The highest BCUT2D eigenvalue weighted by atomic mass is 19.1. The molecule has 1 N–H and O–H groups in total. The van der Waals surface area contributed by atoms with Crippen LogP contribution in [0.2, 0.25) is 0 Å². The van der Waals surface area contributed by atoms with Gasteiger partial charge in [0, 0.05) is 6.54 Å². The maximum Gasteiger partial charge on any atom is 0.262 e. The lowest BCUT2D eigenvalue weighted by molar-refractivity contribution is -0.121. The van der Waals surface area contributed by atoms with E-state index in [1.165, 1.54) is 19.2 Å². The van der Waals surface area contributed by atoms with Crippen LogP contribution in [-0.4, -0.2) is 36.3 Å². The first-order valence-electron chi connectivity index (χ1n) is 7.55. The molecule has 1 aliphatic heterocycles. The molecule has 0 unspecified atom stereocenters. The number of carbonyl (C=O) groups is 3.